The first-order valence-electron chi connectivity index (χ1n) is 12.0. The quantitative estimate of drug-likeness (QED) is 0.444. The number of hydrogen-bond donors (Lipinski definition) is 0. The fourth-order valence-electron chi connectivity index (χ4n) is 4.81. The Hall–Kier alpha value is -2.06. The van der Waals surface area contributed by atoms with E-state index in [0.717, 1.165) is 22.7 Å². The SMILES string of the molecule is C[C@@H]1C=C(c2nc3c(F)cc(B4OC(C)(C)C(C)(C)O4)cc3s2)C[C@H](C)N1Cc1ccccc1. The summed E-state index contributed by atoms with van der Waals surface area (Å²) in [7, 11) is -0.588. The average molecular weight is 478 g/mol. The van der Waals surface area contributed by atoms with Gasteiger partial charge in [-0.05, 0) is 76.7 Å². The molecule has 1 fully saturated rings. The lowest BCUT2D eigenvalue weighted by molar-refractivity contribution is 0.00578. The number of rotatable bonds is 4. The summed E-state index contributed by atoms with van der Waals surface area (Å²) in [4.78, 5) is 7.22. The smallest absolute Gasteiger partial charge is 0.399 e. The highest BCUT2D eigenvalue weighted by Crippen LogP contribution is 2.38. The molecule has 5 rings (SSSR count). The number of aromatic nitrogens is 1. The van der Waals surface area contributed by atoms with Crippen LogP contribution < -0.4 is 5.46 Å². The van der Waals surface area contributed by atoms with Crippen molar-refractivity contribution < 1.29 is 13.7 Å². The summed E-state index contributed by atoms with van der Waals surface area (Å²) < 4.78 is 28.2. The fourth-order valence-corrected chi connectivity index (χ4v) is 5.87. The Morgan fingerprint density at radius 2 is 1.76 bits per heavy atom. The molecule has 0 N–H and O–H groups in total. The van der Waals surface area contributed by atoms with Crippen molar-refractivity contribution in [2.75, 3.05) is 0 Å². The predicted octanol–water partition coefficient (Wildman–Crippen LogP) is 5.80. The molecule has 2 aliphatic heterocycles. The largest absolute Gasteiger partial charge is 0.494 e. The Morgan fingerprint density at radius 1 is 1.09 bits per heavy atom. The molecule has 1 aromatic heterocycles. The van der Waals surface area contributed by atoms with Crippen LogP contribution in [0.25, 0.3) is 15.8 Å². The maximum atomic E-state index is 15.1. The summed E-state index contributed by atoms with van der Waals surface area (Å²) in [6, 6.07) is 14.7. The summed E-state index contributed by atoms with van der Waals surface area (Å²) in [6.45, 7) is 13.4. The van der Waals surface area contributed by atoms with E-state index in [1.165, 1.54) is 17.2 Å². The van der Waals surface area contributed by atoms with Crippen molar-refractivity contribution in [3.63, 3.8) is 0 Å². The van der Waals surface area contributed by atoms with Crippen LogP contribution in [0.3, 0.4) is 0 Å². The zero-order chi connectivity index (χ0) is 24.3. The van der Waals surface area contributed by atoms with Gasteiger partial charge in [-0.1, -0.05) is 36.4 Å². The molecule has 0 bridgehead atoms. The molecule has 4 nitrogen and oxygen atoms in total. The highest BCUT2D eigenvalue weighted by molar-refractivity contribution is 7.19. The monoisotopic (exact) mass is 478 g/mol. The third-order valence-electron chi connectivity index (χ3n) is 7.53. The van der Waals surface area contributed by atoms with Gasteiger partial charge in [-0.3, -0.25) is 4.90 Å². The van der Waals surface area contributed by atoms with Gasteiger partial charge in [-0.15, -0.1) is 11.3 Å². The molecule has 0 saturated carbocycles. The van der Waals surface area contributed by atoms with Gasteiger partial charge in [-0.2, -0.15) is 0 Å². The number of fused-ring (bicyclic) bond motifs is 1. The minimum Gasteiger partial charge on any atom is -0.399 e. The van der Waals surface area contributed by atoms with Crippen LogP contribution >= 0.6 is 11.3 Å². The van der Waals surface area contributed by atoms with Gasteiger partial charge >= 0.3 is 7.12 Å². The summed E-state index contributed by atoms with van der Waals surface area (Å²) >= 11 is 1.55. The van der Waals surface area contributed by atoms with Gasteiger partial charge in [0.2, 0.25) is 0 Å². The Balaban J connectivity index is 1.42. The van der Waals surface area contributed by atoms with E-state index in [2.05, 4.69) is 55.2 Å². The van der Waals surface area contributed by atoms with Crippen LogP contribution in [0.2, 0.25) is 0 Å². The number of thiazole rings is 1. The molecule has 7 heteroatoms. The lowest BCUT2D eigenvalue weighted by Crippen LogP contribution is -2.41. The van der Waals surface area contributed by atoms with Crippen LogP contribution in [0, 0.1) is 5.82 Å². The third-order valence-corrected chi connectivity index (χ3v) is 8.60. The normalized spacial score (nSPS) is 24.6. The number of hydrogen-bond acceptors (Lipinski definition) is 5. The topological polar surface area (TPSA) is 34.6 Å². The van der Waals surface area contributed by atoms with E-state index < -0.39 is 18.3 Å². The molecule has 178 valence electrons. The molecule has 2 atom stereocenters. The van der Waals surface area contributed by atoms with E-state index in [4.69, 9.17) is 14.3 Å². The molecule has 2 aromatic carbocycles. The van der Waals surface area contributed by atoms with E-state index in [0.29, 0.717) is 17.0 Å². The van der Waals surface area contributed by atoms with Crippen LogP contribution in [0.5, 0.6) is 0 Å². The van der Waals surface area contributed by atoms with Gasteiger partial charge in [0.25, 0.3) is 0 Å². The van der Waals surface area contributed by atoms with Crippen molar-refractivity contribution in [2.45, 2.75) is 77.8 Å². The lowest BCUT2D eigenvalue weighted by atomic mass is 9.79. The van der Waals surface area contributed by atoms with Crippen molar-refractivity contribution in [1.29, 1.82) is 0 Å². The third kappa shape index (κ3) is 4.24. The molecule has 2 aliphatic rings. The maximum Gasteiger partial charge on any atom is 0.494 e. The Labute approximate surface area is 205 Å². The van der Waals surface area contributed by atoms with Crippen molar-refractivity contribution in [3.8, 4) is 0 Å². The molecule has 0 radical (unpaired) electrons. The molecule has 0 unspecified atom stereocenters. The molecule has 3 aromatic rings. The highest BCUT2D eigenvalue weighted by Gasteiger charge is 2.51. The molecular weight excluding hydrogens is 446 g/mol. The highest BCUT2D eigenvalue weighted by atomic mass is 32.1. The van der Waals surface area contributed by atoms with E-state index in [1.807, 2.05) is 33.8 Å². The lowest BCUT2D eigenvalue weighted by Gasteiger charge is -2.37. The van der Waals surface area contributed by atoms with Gasteiger partial charge < -0.3 is 9.31 Å². The van der Waals surface area contributed by atoms with Crippen LogP contribution in [0.15, 0.2) is 48.5 Å². The average Bonchev–Trinajstić information content (AvgIpc) is 3.29. The molecule has 0 spiro atoms. The van der Waals surface area contributed by atoms with Crippen LogP contribution in [0.4, 0.5) is 4.39 Å². The Bertz CT molecular complexity index is 1220. The summed E-state index contributed by atoms with van der Waals surface area (Å²) in [5.41, 5.74) is 2.71. The van der Waals surface area contributed by atoms with Gasteiger partial charge in [-0.25, -0.2) is 9.37 Å². The van der Waals surface area contributed by atoms with Gasteiger partial charge in [0.15, 0.2) is 0 Å². The maximum absolute atomic E-state index is 15.1. The Kier molecular flexibility index (Phi) is 5.96. The fraction of sp³-hybridized carbons (Fsp3) is 0.444. The van der Waals surface area contributed by atoms with Crippen molar-refractivity contribution in [2.24, 2.45) is 0 Å². The predicted molar refractivity (Wildman–Crippen MR) is 139 cm³/mol. The zero-order valence-electron chi connectivity index (χ0n) is 20.8. The van der Waals surface area contributed by atoms with E-state index >= 15 is 4.39 Å². The summed E-state index contributed by atoms with van der Waals surface area (Å²) in [5, 5.41) is 0.901. The van der Waals surface area contributed by atoms with E-state index in [1.54, 1.807) is 11.3 Å². The molecule has 34 heavy (non-hydrogen) atoms. The van der Waals surface area contributed by atoms with Gasteiger partial charge in [0.1, 0.15) is 16.3 Å². The molecule has 3 heterocycles. The molecular formula is C27H32BFN2O2S. The summed E-state index contributed by atoms with van der Waals surface area (Å²) in [5.74, 6) is -0.326. The molecule has 0 aliphatic carbocycles. The van der Waals surface area contributed by atoms with Crippen LogP contribution in [-0.2, 0) is 15.9 Å². The Morgan fingerprint density at radius 3 is 2.41 bits per heavy atom. The van der Waals surface area contributed by atoms with Crippen molar-refractivity contribution in [1.82, 2.24) is 9.88 Å². The van der Waals surface area contributed by atoms with Gasteiger partial charge in [0, 0.05) is 18.6 Å². The van der Waals surface area contributed by atoms with Crippen LogP contribution in [-0.4, -0.2) is 40.3 Å². The van der Waals surface area contributed by atoms with Crippen molar-refractivity contribution >= 4 is 39.7 Å². The molecule has 0 amide bonds. The second-order valence-electron chi connectivity index (χ2n) is 10.6. The zero-order valence-corrected chi connectivity index (χ0v) is 21.6. The van der Waals surface area contributed by atoms with E-state index in [9.17, 15) is 0 Å². The first-order chi connectivity index (χ1) is 16.0. The first-order valence-corrected chi connectivity index (χ1v) is 12.8. The minimum atomic E-state index is -0.588. The first kappa shape index (κ1) is 23.7. The van der Waals surface area contributed by atoms with Crippen LogP contribution in [0.1, 0.15) is 58.5 Å². The van der Waals surface area contributed by atoms with E-state index in [-0.39, 0.29) is 11.9 Å². The van der Waals surface area contributed by atoms with Gasteiger partial charge in [0.05, 0.1) is 15.9 Å². The number of halogens is 1. The second kappa shape index (κ2) is 8.56. The molecule has 1 saturated heterocycles. The summed E-state index contributed by atoms with van der Waals surface area (Å²) in [6.07, 6.45) is 3.18. The minimum absolute atomic E-state index is 0.274. The standard InChI is InChI=1S/C27H32BFN2O2S/c1-17-12-20(13-18(2)31(17)16-19-10-8-7-9-11-19)25-30-24-22(29)14-21(15-23(24)34-25)28-32-26(3,4)27(5,6)33-28/h7-12,14-15,17-18H,13,16H2,1-6H3/t17-,18+/m1/s1. The number of benzene rings is 2. The number of nitrogens with zero attached hydrogens (tertiary/aromatic N) is 2. The van der Waals surface area contributed by atoms with Crippen molar-refractivity contribution in [3.05, 3.63) is 64.9 Å². The second-order valence-corrected chi connectivity index (χ2v) is 11.6.